The van der Waals surface area contributed by atoms with Crippen LogP contribution >= 0.6 is 11.8 Å². The smallest absolute Gasteiger partial charge is 0.258 e. The van der Waals surface area contributed by atoms with Crippen LogP contribution in [-0.4, -0.2) is 25.8 Å². The van der Waals surface area contributed by atoms with Crippen molar-refractivity contribution in [2.45, 2.75) is 24.2 Å². The zero-order chi connectivity index (χ0) is 20.1. The van der Waals surface area contributed by atoms with Gasteiger partial charge in [-0.05, 0) is 24.6 Å². The molecule has 8 heteroatoms. The fourth-order valence-corrected chi connectivity index (χ4v) is 3.66. The third kappa shape index (κ3) is 4.91. The van der Waals surface area contributed by atoms with E-state index in [4.69, 9.17) is 4.52 Å². The number of nitrogens with zero attached hydrogens (tertiary/aromatic N) is 4. The monoisotopic (exact) mass is 405 g/mol. The first kappa shape index (κ1) is 18.9. The Morgan fingerprint density at radius 1 is 1.21 bits per heavy atom. The lowest BCUT2D eigenvalue weighted by molar-refractivity contribution is 0.102. The molecule has 1 aromatic carbocycles. The summed E-state index contributed by atoms with van der Waals surface area (Å²) < 4.78 is 6.87. The molecule has 0 atom stereocenters. The minimum absolute atomic E-state index is 0.226. The van der Waals surface area contributed by atoms with Gasteiger partial charge in [-0.25, -0.2) is 4.98 Å². The molecule has 0 aliphatic carbocycles. The van der Waals surface area contributed by atoms with Crippen LogP contribution in [0.4, 0.5) is 5.69 Å². The third-order valence-corrected chi connectivity index (χ3v) is 5.17. The Kier molecular flexibility index (Phi) is 5.71. The molecule has 0 aliphatic rings. The molecule has 3 aromatic heterocycles. The van der Waals surface area contributed by atoms with Crippen LogP contribution in [0.3, 0.4) is 0 Å². The van der Waals surface area contributed by atoms with Gasteiger partial charge in [0.2, 0.25) is 0 Å². The standard InChI is InChI=1S/C21H19N5O2S/c1-15-10-17(25-28-15)14-29-21-19(8-5-9-22-21)20(27)24-18-11-23-26(13-18)12-16-6-3-2-4-7-16/h2-11,13H,12,14H2,1H3,(H,24,27). The lowest BCUT2D eigenvalue weighted by Crippen LogP contribution is -2.13. The SMILES string of the molecule is Cc1cc(CSc2ncccc2C(=O)Nc2cnn(Cc3ccccc3)c2)no1. The van der Waals surface area contributed by atoms with Gasteiger partial charge in [0, 0.05) is 24.2 Å². The number of aryl methyl sites for hydroxylation is 1. The number of anilines is 1. The Morgan fingerprint density at radius 2 is 2.07 bits per heavy atom. The molecule has 0 saturated carbocycles. The molecule has 3 heterocycles. The van der Waals surface area contributed by atoms with Crippen LogP contribution in [0.1, 0.15) is 27.4 Å². The van der Waals surface area contributed by atoms with E-state index < -0.39 is 0 Å². The summed E-state index contributed by atoms with van der Waals surface area (Å²) >= 11 is 1.44. The van der Waals surface area contributed by atoms with Gasteiger partial charge < -0.3 is 9.84 Å². The number of hydrogen-bond donors (Lipinski definition) is 1. The highest BCUT2D eigenvalue weighted by Crippen LogP contribution is 2.25. The minimum atomic E-state index is -0.226. The summed E-state index contributed by atoms with van der Waals surface area (Å²) in [7, 11) is 0. The number of thioether (sulfide) groups is 1. The van der Waals surface area contributed by atoms with Gasteiger partial charge in [0.05, 0.1) is 29.7 Å². The molecule has 0 unspecified atom stereocenters. The van der Waals surface area contributed by atoms with Crippen LogP contribution in [0.5, 0.6) is 0 Å². The van der Waals surface area contributed by atoms with Crippen LogP contribution < -0.4 is 5.32 Å². The van der Waals surface area contributed by atoms with Gasteiger partial charge in [0.1, 0.15) is 10.8 Å². The zero-order valence-electron chi connectivity index (χ0n) is 15.8. The van der Waals surface area contributed by atoms with Crippen LogP contribution in [-0.2, 0) is 12.3 Å². The topological polar surface area (TPSA) is 85.8 Å². The summed E-state index contributed by atoms with van der Waals surface area (Å²) in [5.74, 6) is 1.10. The third-order valence-electron chi connectivity index (χ3n) is 4.13. The van der Waals surface area contributed by atoms with Gasteiger partial charge in [0.25, 0.3) is 5.91 Å². The summed E-state index contributed by atoms with van der Waals surface area (Å²) in [6.45, 7) is 2.49. The average Bonchev–Trinajstić information content (AvgIpc) is 3.36. The van der Waals surface area contributed by atoms with Crippen molar-refractivity contribution in [2.24, 2.45) is 0 Å². The highest BCUT2D eigenvalue weighted by atomic mass is 32.2. The summed E-state index contributed by atoms with van der Waals surface area (Å²) in [4.78, 5) is 17.1. The molecule has 0 aliphatic heterocycles. The van der Waals surface area contributed by atoms with E-state index in [1.165, 1.54) is 11.8 Å². The van der Waals surface area contributed by atoms with E-state index in [-0.39, 0.29) is 5.91 Å². The van der Waals surface area contributed by atoms with Crippen LogP contribution in [0.25, 0.3) is 0 Å². The molecule has 1 N–H and O–H groups in total. The molecule has 4 rings (SSSR count). The van der Waals surface area contributed by atoms with Crippen molar-refractivity contribution in [3.8, 4) is 0 Å². The molecule has 4 aromatic rings. The first-order chi connectivity index (χ1) is 14.2. The molecule has 0 radical (unpaired) electrons. The largest absolute Gasteiger partial charge is 0.361 e. The number of hydrogen-bond acceptors (Lipinski definition) is 6. The van der Waals surface area contributed by atoms with Gasteiger partial charge in [-0.1, -0.05) is 47.3 Å². The Balaban J connectivity index is 1.42. The van der Waals surface area contributed by atoms with E-state index in [0.29, 0.717) is 28.6 Å². The summed E-state index contributed by atoms with van der Waals surface area (Å²) in [5.41, 5.74) is 3.10. The van der Waals surface area contributed by atoms with Crippen molar-refractivity contribution in [3.63, 3.8) is 0 Å². The van der Waals surface area contributed by atoms with Crippen molar-refractivity contribution < 1.29 is 9.32 Å². The fourth-order valence-electron chi connectivity index (χ4n) is 2.79. The van der Waals surface area contributed by atoms with E-state index in [9.17, 15) is 4.79 Å². The van der Waals surface area contributed by atoms with Gasteiger partial charge in [-0.3, -0.25) is 9.48 Å². The normalized spacial score (nSPS) is 10.8. The highest BCUT2D eigenvalue weighted by molar-refractivity contribution is 7.98. The molecule has 0 spiro atoms. The van der Waals surface area contributed by atoms with E-state index in [0.717, 1.165) is 17.0 Å². The van der Waals surface area contributed by atoms with Crippen molar-refractivity contribution in [3.05, 3.63) is 89.7 Å². The van der Waals surface area contributed by atoms with Crippen molar-refractivity contribution in [2.75, 3.05) is 5.32 Å². The van der Waals surface area contributed by atoms with E-state index >= 15 is 0 Å². The maximum atomic E-state index is 12.8. The fraction of sp³-hybridized carbons (Fsp3) is 0.143. The lowest BCUT2D eigenvalue weighted by Gasteiger charge is -2.07. The van der Waals surface area contributed by atoms with Crippen LogP contribution in [0, 0.1) is 6.92 Å². The predicted molar refractivity (Wildman–Crippen MR) is 111 cm³/mol. The maximum Gasteiger partial charge on any atom is 0.258 e. The van der Waals surface area contributed by atoms with Crippen molar-refractivity contribution in [1.29, 1.82) is 0 Å². The lowest BCUT2D eigenvalue weighted by atomic mass is 10.2. The zero-order valence-corrected chi connectivity index (χ0v) is 16.6. The molecule has 1 amide bonds. The second-order valence-electron chi connectivity index (χ2n) is 6.44. The highest BCUT2D eigenvalue weighted by Gasteiger charge is 2.15. The van der Waals surface area contributed by atoms with E-state index in [2.05, 4.69) is 20.6 Å². The van der Waals surface area contributed by atoms with Crippen molar-refractivity contribution in [1.82, 2.24) is 19.9 Å². The molecule has 29 heavy (non-hydrogen) atoms. The molecular weight excluding hydrogens is 386 g/mol. The summed E-state index contributed by atoms with van der Waals surface area (Å²) in [5, 5.41) is 11.8. The Labute approximate surface area is 172 Å². The van der Waals surface area contributed by atoms with E-state index in [1.807, 2.05) is 49.5 Å². The van der Waals surface area contributed by atoms with E-state index in [1.54, 1.807) is 29.2 Å². The van der Waals surface area contributed by atoms with Crippen molar-refractivity contribution >= 4 is 23.4 Å². The summed E-state index contributed by atoms with van der Waals surface area (Å²) in [6.07, 6.45) is 5.12. The number of rotatable bonds is 7. The van der Waals surface area contributed by atoms with Crippen LogP contribution in [0.2, 0.25) is 0 Å². The number of nitrogens with one attached hydrogen (secondary N) is 1. The molecule has 146 valence electrons. The van der Waals surface area contributed by atoms with Gasteiger partial charge in [-0.2, -0.15) is 5.10 Å². The second kappa shape index (κ2) is 8.74. The van der Waals surface area contributed by atoms with Gasteiger partial charge in [-0.15, -0.1) is 0 Å². The second-order valence-corrected chi connectivity index (χ2v) is 7.40. The number of amides is 1. The molecule has 7 nitrogen and oxygen atoms in total. The Morgan fingerprint density at radius 3 is 2.86 bits per heavy atom. The van der Waals surface area contributed by atoms with Gasteiger partial charge in [0.15, 0.2) is 0 Å². The van der Waals surface area contributed by atoms with Gasteiger partial charge >= 0.3 is 0 Å². The number of carbonyl (C=O) groups is 1. The first-order valence-corrected chi connectivity index (χ1v) is 10.0. The molecular formula is C21H19N5O2S. The summed E-state index contributed by atoms with van der Waals surface area (Å²) in [6, 6.07) is 15.4. The van der Waals surface area contributed by atoms with Crippen LogP contribution in [0.15, 0.2) is 76.7 Å². The Hall–Kier alpha value is -3.39. The molecule has 0 fully saturated rings. The maximum absolute atomic E-state index is 12.8. The molecule has 0 saturated heterocycles. The number of benzene rings is 1. The number of carbonyl (C=O) groups excluding carboxylic acids is 1. The quantitative estimate of drug-likeness (QED) is 0.465. The molecule has 0 bridgehead atoms. The first-order valence-electron chi connectivity index (χ1n) is 9.05. The number of pyridine rings is 1. The minimum Gasteiger partial charge on any atom is -0.361 e. The predicted octanol–water partition coefficient (Wildman–Crippen LogP) is 4.17. The Bertz CT molecular complexity index is 1110. The number of aromatic nitrogens is 4. The average molecular weight is 405 g/mol.